The van der Waals surface area contributed by atoms with Crippen molar-refractivity contribution in [2.45, 2.75) is 0 Å². The van der Waals surface area contributed by atoms with E-state index in [0.29, 0.717) is 5.69 Å². The van der Waals surface area contributed by atoms with E-state index in [1.54, 1.807) is 0 Å². The molecule has 2 aromatic rings. The first kappa shape index (κ1) is 14.6. The maximum atomic E-state index is 13.5. The predicted molar refractivity (Wildman–Crippen MR) is 69.9 cm³/mol. The van der Waals surface area contributed by atoms with Crippen LogP contribution in [0.3, 0.4) is 0 Å². The molecule has 1 aromatic carbocycles. The molecule has 2 rings (SSSR count). The van der Waals surface area contributed by atoms with Crippen molar-refractivity contribution in [1.29, 1.82) is 0 Å². The van der Waals surface area contributed by atoms with Gasteiger partial charge in [-0.05, 0) is 24.3 Å². The second kappa shape index (κ2) is 6.12. The SMILES string of the molecule is COC(=O)Nc1ccc(Nc2ccc(F)c(F)c2F)nc1. The lowest BCUT2D eigenvalue weighted by atomic mass is 10.2. The van der Waals surface area contributed by atoms with Crippen LogP contribution in [0.25, 0.3) is 0 Å². The fourth-order valence-corrected chi connectivity index (χ4v) is 1.47. The van der Waals surface area contributed by atoms with Gasteiger partial charge in [-0.15, -0.1) is 0 Å². The van der Waals surface area contributed by atoms with Crippen LogP contribution in [0.15, 0.2) is 30.5 Å². The summed E-state index contributed by atoms with van der Waals surface area (Å²) in [5.41, 5.74) is 0.105. The average Bonchev–Trinajstić information content (AvgIpc) is 2.49. The number of halogens is 3. The molecule has 0 unspecified atom stereocenters. The lowest BCUT2D eigenvalue weighted by Crippen LogP contribution is -2.11. The molecule has 8 heteroatoms. The Hall–Kier alpha value is -2.77. The largest absolute Gasteiger partial charge is 0.453 e. The zero-order valence-corrected chi connectivity index (χ0v) is 10.8. The number of carbonyl (C=O) groups excluding carboxylic acids is 1. The van der Waals surface area contributed by atoms with Gasteiger partial charge in [0.25, 0.3) is 0 Å². The normalized spacial score (nSPS) is 10.1. The number of benzene rings is 1. The number of carbonyl (C=O) groups is 1. The smallest absolute Gasteiger partial charge is 0.411 e. The number of amides is 1. The van der Waals surface area contributed by atoms with E-state index in [1.165, 1.54) is 25.4 Å². The summed E-state index contributed by atoms with van der Waals surface area (Å²) in [7, 11) is 1.21. The molecule has 5 nitrogen and oxygen atoms in total. The van der Waals surface area contributed by atoms with E-state index < -0.39 is 23.5 Å². The number of rotatable bonds is 3. The van der Waals surface area contributed by atoms with Gasteiger partial charge in [0.1, 0.15) is 5.82 Å². The Kier molecular flexibility index (Phi) is 4.27. The second-order valence-electron chi connectivity index (χ2n) is 3.90. The molecule has 0 aliphatic rings. The molecule has 0 atom stereocenters. The summed E-state index contributed by atoms with van der Waals surface area (Å²) < 4.78 is 43.7. The van der Waals surface area contributed by atoms with Crippen LogP contribution >= 0.6 is 0 Å². The van der Waals surface area contributed by atoms with Gasteiger partial charge in [-0.1, -0.05) is 0 Å². The summed E-state index contributed by atoms with van der Waals surface area (Å²) in [6, 6.07) is 4.75. The number of pyridine rings is 1. The van der Waals surface area contributed by atoms with E-state index in [9.17, 15) is 18.0 Å². The molecule has 0 bridgehead atoms. The van der Waals surface area contributed by atoms with Crippen molar-refractivity contribution in [2.24, 2.45) is 0 Å². The van der Waals surface area contributed by atoms with Crippen molar-refractivity contribution in [3.05, 3.63) is 47.9 Å². The first-order chi connectivity index (χ1) is 10.0. The van der Waals surface area contributed by atoms with Gasteiger partial charge in [0.2, 0.25) is 0 Å². The van der Waals surface area contributed by atoms with Gasteiger partial charge in [0, 0.05) is 0 Å². The summed E-state index contributed by atoms with van der Waals surface area (Å²) >= 11 is 0. The minimum atomic E-state index is -1.57. The van der Waals surface area contributed by atoms with Crippen molar-refractivity contribution < 1.29 is 22.7 Å². The van der Waals surface area contributed by atoms with Gasteiger partial charge in [-0.3, -0.25) is 5.32 Å². The van der Waals surface area contributed by atoms with Crippen LogP contribution in [0.1, 0.15) is 0 Å². The maximum absolute atomic E-state index is 13.5. The van der Waals surface area contributed by atoms with E-state index >= 15 is 0 Å². The van der Waals surface area contributed by atoms with Crippen LogP contribution in [-0.2, 0) is 4.74 Å². The Morgan fingerprint density at radius 2 is 1.90 bits per heavy atom. The van der Waals surface area contributed by atoms with Crippen LogP contribution < -0.4 is 10.6 Å². The summed E-state index contributed by atoms with van der Waals surface area (Å²) in [4.78, 5) is 14.9. The Bertz CT molecular complexity index is 662. The molecular formula is C13H10F3N3O2. The highest BCUT2D eigenvalue weighted by Gasteiger charge is 2.13. The van der Waals surface area contributed by atoms with E-state index in [-0.39, 0.29) is 11.5 Å². The fraction of sp³-hybridized carbons (Fsp3) is 0.0769. The maximum Gasteiger partial charge on any atom is 0.411 e. The van der Waals surface area contributed by atoms with Gasteiger partial charge in [0.15, 0.2) is 17.5 Å². The highest BCUT2D eigenvalue weighted by atomic mass is 19.2. The first-order valence-electron chi connectivity index (χ1n) is 5.73. The quantitative estimate of drug-likeness (QED) is 0.852. The van der Waals surface area contributed by atoms with E-state index in [0.717, 1.165) is 12.1 Å². The number of hydrogen-bond donors (Lipinski definition) is 2. The molecule has 0 aliphatic heterocycles. The lowest BCUT2D eigenvalue weighted by molar-refractivity contribution is 0.187. The standard InChI is InChI=1S/C13H10F3N3O2/c1-21-13(20)18-7-2-5-10(17-6-7)19-9-4-3-8(14)11(15)12(9)16/h2-6H,1H3,(H,17,19)(H,18,20). The van der Waals surface area contributed by atoms with Gasteiger partial charge >= 0.3 is 6.09 Å². The van der Waals surface area contributed by atoms with Gasteiger partial charge in [-0.25, -0.2) is 22.9 Å². The number of hydrogen-bond acceptors (Lipinski definition) is 4. The Balaban J connectivity index is 2.14. The van der Waals surface area contributed by atoms with Gasteiger partial charge in [0.05, 0.1) is 24.7 Å². The zero-order valence-electron chi connectivity index (χ0n) is 10.8. The van der Waals surface area contributed by atoms with Crippen molar-refractivity contribution in [3.8, 4) is 0 Å². The van der Waals surface area contributed by atoms with E-state index in [2.05, 4.69) is 20.4 Å². The third-order valence-electron chi connectivity index (χ3n) is 2.49. The summed E-state index contributed by atoms with van der Waals surface area (Å²) in [5.74, 6) is -3.99. The number of methoxy groups -OCH3 is 1. The Labute approximate surface area is 117 Å². The molecule has 110 valence electrons. The molecule has 0 radical (unpaired) electrons. The molecule has 0 spiro atoms. The fourth-order valence-electron chi connectivity index (χ4n) is 1.47. The van der Waals surface area contributed by atoms with Crippen LogP contribution in [0.4, 0.5) is 35.2 Å². The van der Waals surface area contributed by atoms with Crippen molar-refractivity contribution in [2.75, 3.05) is 17.7 Å². The minimum absolute atomic E-state index is 0.190. The predicted octanol–water partition coefficient (Wildman–Crippen LogP) is 3.42. The third kappa shape index (κ3) is 3.41. The molecule has 0 fully saturated rings. The van der Waals surface area contributed by atoms with Crippen molar-refractivity contribution >= 4 is 23.3 Å². The highest BCUT2D eigenvalue weighted by Crippen LogP contribution is 2.23. The van der Waals surface area contributed by atoms with Crippen LogP contribution in [0.2, 0.25) is 0 Å². The Morgan fingerprint density at radius 1 is 1.14 bits per heavy atom. The van der Waals surface area contributed by atoms with E-state index in [4.69, 9.17) is 0 Å². The van der Waals surface area contributed by atoms with Crippen LogP contribution in [-0.4, -0.2) is 18.2 Å². The average molecular weight is 297 g/mol. The minimum Gasteiger partial charge on any atom is -0.453 e. The molecule has 0 saturated heterocycles. The van der Waals surface area contributed by atoms with Crippen LogP contribution in [0.5, 0.6) is 0 Å². The molecule has 0 saturated carbocycles. The monoisotopic (exact) mass is 297 g/mol. The van der Waals surface area contributed by atoms with E-state index in [1.807, 2.05) is 0 Å². The number of nitrogens with one attached hydrogen (secondary N) is 2. The first-order valence-corrected chi connectivity index (χ1v) is 5.73. The molecule has 1 aromatic heterocycles. The second-order valence-corrected chi connectivity index (χ2v) is 3.90. The molecule has 21 heavy (non-hydrogen) atoms. The molecule has 1 amide bonds. The summed E-state index contributed by atoms with van der Waals surface area (Å²) in [5, 5.41) is 4.87. The number of ether oxygens (including phenoxy) is 1. The number of nitrogens with zero attached hydrogens (tertiary/aromatic N) is 1. The molecule has 1 heterocycles. The zero-order chi connectivity index (χ0) is 15.4. The summed E-state index contributed by atoms with van der Waals surface area (Å²) in [6.45, 7) is 0. The molecular weight excluding hydrogens is 287 g/mol. The third-order valence-corrected chi connectivity index (χ3v) is 2.49. The molecule has 0 aliphatic carbocycles. The number of anilines is 3. The van der Waals surface area contributed by atoms with Crippen LogP contribution in [0, 0.1) is 17.5 Å². The lowest BCUT2D eigenvalue weighted by Gasteiger charge is -2.08. The Morgan fingerprint density at radius 3 is 2.52 bits per heavy atom. The number of aromatic nitrogens is 1. The van der Waals surface area contributed by atoms with Gasteiger partial charge in [-0.2, -0.15) is 0 Å². The highest BCUT2D eigenvalue weighted by molar-refractivity contribution is 5.84. The van der Waals surface area contributed by atoms with Crippen molar-refractivity contribution in [1.82, 2.24) is 4.98 Å². The topological polar surface area (TPSA) is 63.2 Å². The molecule has 2 N–H and O–H groups in total. The van der Waals surface area contributed by atoms with Gasteiger partial charge < -0.3 is 10.1 Å². The summed E-state index contributed by atoms with van der Waals surface area (Å²) in [6.07, 6.45) is 0.626. The van der Waals surface area contributed by atoms with Crippen molar-refractivity contribution in [3.63, 3.8) is 0 Å².